The van der Waals surface area contributed by atoms with Crippen LogP contribution in [-0.2, 0) is 14.3 Å². The lowest BCUT2D eigenvalue weighted by molar-refractivity contribution is -0.140. The van der Waals surface area contributed by atoms with Crippen LogP contribution in [-0.4, -0.2) is 41.1 Å². The first-order chi connectivity index (χ1) is 12.1. The standard InChI is InChI=1S/C20H32O4S/c1-3-4-7-10-16(21)15-25-19-14-13-18(22)17(19)11-8-5-6-9-12-20(23)24-2/h5,8,13-14,16-17,19,21H,3-4,6-7,9-12,15H2,1-2H3. The Bertz CT molecular complexity index is 459. The van der Waals surface area contributed by atoms with E-state index >= 15 is 0 Å². The highest BCUT2D eigenvalue weighted by atomic mass is 32.2. The molecule has 1 rings (SSSR count). The summed E-state index contributed by atoms with van der Waals surface area (Å²) in [5.74, 6) is 0.658. The number of esters is 1. The summed E-state index contributed by atoms with van der Waals surface area (Å²) < 4.78 is 4.60. The largest absolute Gasteiger partial charge is 0.469 e. The Morgan fingerprint density at radius 3 is 2.88 bits per heavy atom. The number of carbonyl (C=O) groups is 2. The summed E-state index contributed by atoms with van der Waals surface area (Å²) in [4.78, 5) is 23.1. The van der Waals surface area contributed by atoms with Gasteiger partial charge in [0.2, 0.25) is 0 Å². The first kappa shape index (κ1) is 22.0. The molecular formula is C20H32O4S. The van der Waals surface area contributed by atoms with Crippen molar-refractivity contribution in [2.45, 2.75) is 69.6 Å². The molecule has 1 aliphatic carbocycles. The van der Waals surface area contributed by atoms with Crippen molar-refractivity contribution in [3.05, 3.63) is 24.3 Å². The number of ketones is 1. The molecule has 0 fully saturated rings. The van der Waals surface area contributed by atoms with Crippen LogP contribution in [0.25, 0.3) is 0 Å². The van der Waals surface area contributed by atoms with Crippen LogP contribution in [0, 0.1) is 5.92 Å². The summed E-state index contributed by atoms with van der Waals surface area (Å²) in [6, 6.07) is 0. The molecule has 142 valence electrons. The second-order valence-electron chi connectivity index (χ2n) is 6.49. The zero-order valence-corrected chi connectivity index (χ0v) is 16.3. The highest BCUT2D eigenvalue weighted by molar-refractivity contribution is 8.00. The van der Waals surface area contributed by atoms with Crippen LogP contribution in [0.1, 0.15) is 58.3 Å². The van der Waals surface area contributed by atoms with E-state index < -0.39 is 0 Å². The van der Waals surface area contributed by atoms with Crippen molar-refractivity contribution in [1.29, 1.82) is 0 Å². The van der Waals surface area contributed by atoms with E-state index in [4.69, 9.17) is 0 Å². The van der Waals surface area contributed by atoms with Gasteiger partial charge in [-0.3, -0.25) is 9.59 Å². The van der Waals surface area contributed by atoms with Gasteiger partial charge in [-0.2, -0.15) is 11.8 Å². The number of carbonyl (C=O) groups excluding carboxylic acids is 2. The molecule has 0 aliphatic heterocycles. The Labute approximate surface area is 156 Å². The minimum absolute atomic E-state index is 0.0234. The van der Waals surface area contributed by atoms with Crippen molar-refractivity contribution in [3.63, 3.8) is 0 Å². The van der Waals surface area contributed by atoms with E-state index in [9.17, 15) is 14.7 Å². The number of hydrogen-bond donors (Lipinski definition) is 1. The van der Waals surface area contributed by atoms with E-state index in [1.165, 1.54) is 7.11 Å². The molecule has 4 nitrogen and oxygen atoms in total. The van der Waals surface area contributed by atoms with Gasteiger partial charge in [0, 0.05) is 23.3 Å². The normalized spacial score (nSPS) is 21.2. The lowest BCUT2D eigenvalue weighted by Crippen LogP contribution is -2.20. The summed E-state index contributed by atoms with van der Waals surface area (Å²) >= 11 is 1.68. The third-order valence-corrected chi connectivity index (χ3v) is 5.82. The molecule has 0 heterocycles. The number of aliphatic hydroxyl groups is 1. The maximum Gasteiger partial charge on any atom is 0.305 e. The fraction of sp³-hybridized carbons (Fsp3) is 0.700. The van der Waals surface area contributed by atoms with Crippen LogP contribution in [0.15, 0.2) is 24.3 Å². The van der Waals surface area contributed by atoms with Gasteiger partial charge in [-0.05, 0) is 31.8 Å². The molecule has 0 amide bonds. The highest BCUT2D eigenvalue weighted by Gasteiger charge is 2.29. The maximum absolute atomic E-state index is 12.0. The minimum atomic E-state index is -0.282. The molecule has 1 N–H and O–H groups in total. The molecule has 0 spiro atoms. The van der Waals surface area contributed by atoms with E-state index in [0.29, 0.717) is 18.6 Å². The van der Waals surface area contributed by atoms with Crippen molar-refractivity contribution < 1.29 is 19.4 Å². The SMILES string of the molecule is CCCCCC(O)CSC1C=CC(=O)C1CC=CCCCC(=O)OC. The van der Waals surface area contributed by atoms with Gasteiger partial charge >= 0.3 is 5.97 Å². The molecule has 0 saturated carbocycles. The summed E-state index contributed by atoms with van der Waals surface area (Å²) in [6.07, 6.45) is 14.4. The van der Waals surface area contributed by atoms with Crippen LogP contribution < -0.4 is 0 Å². The van der Waals surface area contributed by atoms with Crippen LogP contribution in [0.5, 0.6) is 0 Å². The minimum Gasteiger partial charge on any atom is -0.469 e. The molecule has 0 aromatic carbocycles. The van der Waals surface area contributed by atoms with Crippen molar-refractivity contribution >= 4 is 23.5 Å². The van der Waals surface area contributed by atoms with Crippen LogP contribution in [0.3, 0.4) is 0 Å². The summed E-state index contributed by atoms with van der Waals surface area (Å²) in [6.45, 7) is 2.16. The van der Waals surface area contributed by atoms with Gasteiger partial charge in [-0.1, -0.05) is 44.4 Å². The number of unbranched alkanes of at least 4 members (excludes halogenated alkanes) is 3. The average molecular weight is 369 g/mol. The van der Waals surface area contributed by atoms with Gasteiger partial charge in [0.15, 0.2) is 5.78 Å². The fourth-order valence-electron chi connectivity index (χ4n) is 2.79. The second kappa shape index (κ2) is 13.2. The lowest BCUT2D eigenvalue weighted by Gasteiger charge is -2.18. The highest BCUT2D eigenvalue weighted by Crippen LogP contribution is 2.31. The third kappa shape index (κ3) is 9.26. The average Bonchev–Trinajstić information content (AvgIpc) is 2.96. The smallest absolute Gasteiger partial charge is 0.305 e. The van der Waals surface area contributed by atoms with Crippen LogP contribution >= 0.6 is 11.8 Å². The Morgan fingerprint density at radius 1 is 1.36 bits per heavy atom. The fourth-order valence-corrected chi connectivity index (χ4v) is 4.07. The van der Waals surface area contributed by atoms with Gasteiger partial charge in [0.1, 0.15) is 0 Å². The topological polar surface area (TPSA) is 63.6 Å². The molecule has 0 aromatic heterocycles. The molecular weight excluding hydrogens is 336 g/mol. The molecule has 0 bridgehead atoms. The Kier molecular flexibility index (Phi) is 11.6. The Balaban J connectivity index is 2.27. The zero-order chi connectivity index (χ0) is 18.5. The van der Waals surface area contributed by atoms with Crippen molar-refractivity contribution in [2.75, 3.05) is 12.9 Å². The maximum atomic E-state index is 12.0. The number of ether oxygens (including phenoxy) is 1. The number of hydrogen-bond acceptors (Lipinski definition) is 5. The molecule has 25 heavy (non-hydrogen) atoms. The van der Waals surface area contributed by atoms with Gasteiger partial charge in [0.25, 0.3) is 0 Å². The van der Waals surface area contributed by atoms with Gasteiger partial charge in [-0.25, -0.2) is 0 Å². The van der Waals surface area contributed by atoms with Crippen molar-refractivity contribution in [1.82, 2.24) is 0 Å². The van der Waals surface area contributed by atoms with E-state index in [1.807, 2.05) is 18.2 Å². The quantitative estimate of drug-likeness (QED) is 0.301. The number of methoxy groups -OCH3 is 1. The number of thioether (sulfide) groups is 1. The second-order valence-corrected chi connectivity index (χ2v) is 7.70. The molecule has 0 aromatic rings. The van der Waals surface area contributed by atoms with Gasteiger partial charge in [-0.15, -0.1) is 0 Å². The molecule has 0 radical (unpaired) electrons. The molecule has 1 aliphatic rings. The predicted octanol–water partition coefficient (Wildman–Crippen LogP) is 4.07. The first-order valence-electron chi connectivity index (χ1n) is 9.32. The Hall–Kier alpha value is -1.07. The number of aliphatic hydroxyl groups excluding tert-OH is 1. The zero-order valence-electron chi connectivity index (χ0n) is 15.5. The number of rotatable bonds is 13. The third-order valence-electron chi connectivity index (χ3n) is 4.37. The lowest BCUT2D eigenvalue weighted by atomic mass is 10.0. The first-order valence-corrected chi connectivity index (χ1v) is 10.4. The van der Waals surface area contributed by atoms with Gasteiger partial charge < -0.3 is 9.84 Å². The van der Waals surface area contributed by atoms with E-state index in [-0.39, 0.29) is 29.0 Å². The van der Waals surface area contributed by atoms with Crippen LogP contribution in [0.2, 0.25) is 0 Å². The molecule has 3 atom stereocenters. The predicted molar refractivity (Wildman–Crippen MR) is 104 cm³/mol. The van der Waals surface area contributed by atoms with E-state index in [0.717, 1.165) is 38.5 Å². The van der Waals surface area contributed by atoms with Crippen molar-refractivity contribution in [2.24, 2.45) is 5.92 Å². The molecule has 3 unspecified atom stereocenters. The number of allylic oxidation sites excluding steroid dienone is 3. The van der Waals surface area contributed by atoms with E-state index in [1.54, 1.807) is 17.8 Å². The molecule has 5 heteroatoms. The Morgan fingerprint density at radius 2 is 2.16 bits per heavy atom. The van der Waals surface area contributed by atoms with E-state index in [2.05, 4.69) is 11.7 Å². The molecule has 0 saturated heterocycles. The van der Waals surface area contributed by atoms with Crippen molar-refractivity contribution in [3.8, 4) is 0 Å². The summed E-state index contributed by atoms with van der Waals surface area (Å²) in [7, 11) is 1.40. The monoisotopic (exact) mass is 368 g/mol. The summed E-state index contributed by atoms with van der Waals surface area (Å²) in [5.41, 5.74) is 0. The van der Waals surface area contributed by atoms with Gasteiger partial charge in [0.05, 0.1) is 13.2 Å². The van der Waals surface area contributed by atoms with Crippen LogP contribution in [0.4, 0.5) is 0 Å². The summed E-state index contributed by atoms with van der Waals surface area (Å²) in [5, 5.41) is 10.2.